The Morgan fingerprint density at radius 2 is 2.06 bits per heavy atom. The SMILES string of the molecule is O=c1[nH]c(N2CCCCC2)nc2[nH]n[c]c12. The Bertz CT molecular complexity index is 552. The zero-order valence-electron chi connectivity index (χ0n) is 8.79. The lowest BCUT2D eigenvalue weighted by atomic mass is 10.1. The molecular formula is C10H12N5O. The number of fused-ring (bicyclic) bond motifs is 1. The summed E-state index contributed by atoms with van der Waals surface area (Å²) in [4.78, 5) is 20.9. The Balaban J connectivity index is 2.06. The molecule has 0 saturated carbocycles. The second-order valence-corrected chi connectivity index (χ2v) is 4.00. The van der Waals surface area contributed by atoms with Gasteiger partial charge in [0.05, 0.1) is 0 Å². The van der Waals surface area contributed by atoms with Gasteiger partial charge in [-0.3, -0.25) is 14.9 Å². The van der Waals surface area contributed by atoms with Crippen LogP contribution in [0.25, 0.3) is 11.0 Å². The first kappa shape index (κ1) is 9.38. The zero-order chi connectivity index (χ0) is 11.0. The van der Waals surface area contributed by atoms with E-state index in [1.807, 2.05) is 0 Å². The van der Waals surface area contributed by atoms with E-state index in [9.17, 15) is 4.79 Å². The maximum absolute atomic E-state index is 11.7. The van der Waals surface area contributed by atoms with E-state index in [1.54, 1.807) is 0 Å². The van der Waals surface area contributed by atoms with Gasteiger partial charge in [-0.05, 0) is 19.3 Å². The van der Waals surface area contributed by atoms with Crippen molar-refractivity contribution in [2.45, 2.75) is 19.3 Å². The van der Waals surface area contributed by atoms with Gasteiger partial charge < -0.3 is 4.90 Å². The molecule has 1 fully saturated rings. The summed E-state index contributed by atoms with van der Waals surface area (Å²) >= 11 is 0. The summed E-state index contributed by atoms with van der Waals surface area (Å²) in [6.45, 7) is 1.90. The number of aromatic amines is 2. The lowest BCUT2D eigenvalue weighted by Crippen LogP contribution is -2.32. The van der Waals surface area contributed by atoms with Crippen molar-refractivity contribution in [1.82, 2.24) is 20.2 Å². The van der Waals surface area contributed by atoms with Gasteiger partial charge in [0.1, 0.15) is 11.6 Å². The molecule has 6 heteroatoms. The van der Waals surface area contributed by atoms with Crippen molar-refractivity contribution < 1.29 is 0 Å². The van der Waals surface area contributed by atoms with Gasteiger partial charge >= 0.3 is 0 Å². The molecule has 2 aromatic rings. The van der Waals surface area contributed by atoms with E-state index in [0.29, 0.717) is 17.0 Å². The van der Waals surface area contributed by atoms with Crippen LogP contribution in [0.3, 0.4) is 0 Å². The van der Waals surface area contributed by atoms with Gasteiger partial charge in [-0.2, -0.15) is 10.1 Å². The molecule has 16 heavy (non-hydrogen) atoms. The Hall–Kier alpha value is -1.85. The number of nitrogens with one attached hydrogen (secondary N) is 2. The Labute approximate surface area is 91.7 Å². The third kappa shape index (κ3) is 1.46. The van der Waals surface area contributed by atoms with Gasteiger partial charge in [0.2, 0.25) is 5.95 Å². The Morgan fingerprint density at radius 3 is 2.88 bits per heavy atom. The van der Waals surface area contributed by atoms with Crippen molar-refractivity contribution in [3.05, 3.63) is 16.6 Å². The van der Waals surface area contributed by atoms with Crippen LogP contribution in [-0.2, 0) is 0 Å². The Morgan fingerprint density at radius 1 is 1.25 bits per heavy atom. The number of hydrogen-bond donors (Lipinski definition) is 2. The molecule has 0 aliphatic carbocycles. The van der Waals surface area contributed by atoms with Crippen molar-refractivity contribution >= 4 is 17.0 Å². The summed E-state index contributed by atoms with van der Waals surface area (Å²) in [5, 5.41) is 6.76. The van der Waals surface area contributed by atoms with Crippen LogP contribution in [0.5, 0.6) is 0 Å². The van der Waals surface area contributed by atoms with E-state index < -0.39 is 0 Å². The highest BCUT2D eigenvalue weighted by Gasteiger charge is 2.14. The minimum atomic E-state index is -0.181. The highest BCUT2D eigenvalue weighted by molar-refractivity contribution is 5.72. The topological polar surface area (TPSA) is 77.7 Å². The number of H-pyrrole nitrogens is 2. The fourth-order valence-electron chi connectivity index (χ4n) is 2.04. The summed E-state index contributed by atoms with van der Waals surface area (Å²) in [6.07, 6.45) is 6.14. The monoisotopic (exact) mass is 218 g/mol. The quantitative estimate of drug-likeness (QED) is 0.728. The molecule has 0 bridgehead atoms. The molecule has 1 saturated heterocycles. The minimum Gasteiger partial charge on any atom is -0.342 e. The van der Waals surface area contributed by atoms with E-state index in [1.165, 1.54) is 6.42 Å². The molecule has 1 radical (unpaired) electrons. The van der Waals surface area contributed by atoms with E-state index >= 15 is 0 Å². The lowest BCUT2D eigenvalue weighted by Gasteiger charge is -2.26. The predicted octanol–water partition coefficient (Wildman–Crippen LogP) is 0.437. The highest BCUT2D eigenvalue weighted by atomic mass is 16.1. The smallest absolute Gasteiger partial charge is 0.264 e. The van der Waals surface area contributed by atoms with Crippen molar-refractivity contribution in [2.24, 2.45) is 0 Å². The lowest BCUT2D eigenvalue weighted by molar-refractivity contribution is 0.568. The average Bonchev–Trinajstić information content (AvgIpc) is 2.79. The molecule has 0 atom stereocenters. The first-order chi connectivity index (χ1) is 7.84. The van der Waals surface area contributed by atoms with E-state index in [4.69, 9.17) is 0 Å². The molecule has 3 heterocycles. The second kappa shape index (κ2) is 3.62. The summed E-state index contributed by atoms with van der Waals surface area (Å²) in [7, 11) is 0. The number of piperidine rings is 1. The first-order valence-corrected chi connectivity index (χ1v) is 5.45. The molecule has 1 aliphatic heterocycles. The van der Waals surface area contributed by atoms with Crippen molar-refractivity contribution in [3.8, 4) is 0 Å². The maximum atomic E-state index is 11.7. The normalized spacial score (nSPS) is 16.9. The molecule has 0 spiro atoms. The van der Waals surface area contributed by atoms with Crippen LogP contribution in [0.4, 0.5) is 5.95 Å². The van der Waals surface area contributed by atoms with Crippen LogP contribution in [0.2, 0.25) is 0 Å². The van der Waals surface area contributed by atoms with Crippen LogP contribution in [0.1, 0.15) is 19.3 Å². The van der Waals surface area contributed by atoms with Crippen LogP contribution in [0, 0.1) is 6.20 Å². The van der Waals surface area contributed by atoms with E-state index in [2.05, 4.69) is 31.3 Å². The number of hydrogen-bond acceptors (Lipinski definition) is 4. The minimum absolute atomic E-state index is 0.181. The molecule has 2 N–H and O–H groups in total. The molecule has 1 aliphatic rings. The fourth-order valence-corrected chi connectivity index (χ4v) is 2.04. The van der Waals surface area contributed by atoms with Gasteiger partial charge in [0.25, 0.3) is 5.56 Å². The third-order valence-corrected chi connectivity index (χ3v) is 2.89. The molecule has 6 nitrogen and oxygen atoms in total. The molecular weight excluding hydrogens is 206 g/mol. The third-order valence-electron chi connectivity index (χ3n) is 2.89. The van der Waals surface area contributed by atoms with E-state index in [0.717, 1.165) is 25.9 Å². The maximum Gasteiger partial charge on any atom is 0.264 e. The number of anilines is 1. The highest BCUT2D eigenvalue weighted by Crippen LogP contribution is 2.15. The van der Waals surface area contributed by atoms with Gasteiger partial charge in [-0.15, -0.1) is 0 Å². The summed E-state index contributed by atoms with van der Waals surface area (Å²) < 4.78 is 0. The molecule has 0 amide bonds. The molecule has 0 aromatic carbocycles. The van der Waals surface area contributed by atoms with Gasteiger partial charge in [-0.25, -0.2) is 0 Å². The second-order valence-electron chi connectivity index (χ2n) is 4.00. The number of rotatable bonds is 1. The van der Waals surface area contributed by atoms with Crippen LogP contribution < -0.4 is 10.5 Å². The van der Waals surface area contributed by atoms with Gasteiger partial charge in [0.15, 0.2) is 5.65 Å². The molecule has 83 valence electrons. The van der Waals surface area contributed by atoms with Crippen LogP contribution in [0.15, 0.2) is 4.79 Å². The van der Waals surface area contributed by atoms with Gasteiger partial charge in [0, 0.05) is 13.1 Å². The van der Waals surface area contributed by atoms with Crippen LogP contribution >= 0.6 is 0 Å². The summed E-state index contributed by atoms with van der Waals surface area (Å²) in [5.74, 6) is 0.634. The molecule has 0 unspecified atom stereocenters. The Kier molecular flexibility index (Phi) is 2.12. The molecule has 2 aromatic heterocycles. The molecule has 3 rings (SSSR count). The summed E-state index contributed by atoms with van der Waals surface area (Å²) in [6, 6.07) is 0. The number of nitrogens with zero attached hydrogens (tertiary/aromatic N) is 3. The van der Waals surface area contributed by atoms with E-state index in [-0.39, 0.29) is 5.56 Å². The van der Waals surface area contributed by atoms with Crippen molar-refractivity contribution in [1.29, 1.82) is 0 Å². The average molecular weight is 218 g/mol. The fraction of sp³-hybridized carbons (Fsp3) is 0.500. The van der Waals surface area contributed by atoms with Crippen molar-refractivity contribution in [2.75, 3.05) is 18.0 Å². The summed E-state index contributed by atoms with van der Waals surface area (Å²) in [5.41, 5.74) is 0.323. The first-order valence-electron chi connectivity index (χ1n) is 5.45. The zero-order valence-corrected chi connectivity index (χ0v) is 8.79. The van der Waals surface area contributed by atoms with Crippen molar-refractivity contribution in [3.63, 3.8) is 0 Å². The number of aromatic nitrogens is 4. The largest absolute Gasteiger partial charge is 0.342 e. The standard InChI is InChI=1S/C10H12N5O/c16-9-7-6-11-14-8(7)12-10(13-9)15-4-2-1-3-5-15/h1-5H2,(H2,11,12,13,14,16). The predicted molar refractivity (Wildman–Crippen MR) is 59.4 cm³/mol. The van der Waals surface area contributed by atoms with Crippen LogP contribution in [-0.4, -0.2) is 33.3 Å². The van der Waals surface area contributed by atoms with Gasteiger partial charge in [-0.1, -0.05) is 0 Å².